The number of nitrogens with zero attached hydrogens (tertiary/aromatic N) is 1. The highest BCUT2D eigenvalue weighted by Crippen LogP contribution is 2.13. The first-order chi connectivity index (χ1) is 9.58. The summed E-state index contributed by atoms with van der Waals surface area (Å²) in [6.07, 6.45) is 5.04. The van der Waals surface area contributed by atoms with Crippen LogP contribution in [0.3, 0.4) is 0 Å². The van der Waals surface area contributed by atoms with Crippen molar-refractivity contribution >= 4 is 5.91 Å². The molecule has 2 heterocycles. The summed E-state index contributed by atoms with van der Waals surface area (Å²) < 4.78 is 0. The van der Waals surface area contributed by atoms with Gasteiger partial charge in [-0.25, -0.2) is 0 Å². The minimum absolute atomic E-state index is 0.0244. The highest BCUT2D eigenvalue weighted by atomic mass is 16.2. The van der Waals surface area contributed by atoms with Crippen molar-refractivity contribution in [1.29, 1.82) is 0 Å². The Morgan fingerprint density at radius 1 is 1.40 bits per heavy atom. The van der Waals surface area contributed by atoms with Crippen molar-refractivity contribution in [2.45, 2.75) is 45.2 Å². The lowest BCUT2D eigenvalue weighted by atomic mass is 10.0. The van der Waals surface area contributed by atoms with Gasteiger partial charge in [0.25, 0.3) is 5.91 Å². The van der Waals surface area contributed by atoms with Crippen LogP contribution in [0.5, 0.6) is 0 Å². The molecule has 0 spiro atoms. The molecule has 0 aromatic carbocycles. The molecule has 0 bridgehead atoms. The Bertz CT molecular complexity index is 484. The highest BCUT2D eigenvalue weighted by Gasteiger charge is 2.23. The molecule has 5 heteroatoms. The van der Waals surface area contributed by atoms with E-state index in [1.54, 1.807) is 6.07 Å². The van der Waals surface area contributed by atoms with E-state index in [9.17, 15) is 9.59 Å². The van der Waals surface area contributed by atoms with Gasteiger partial charge in [0.15, 0.2) is 0 Å². The Hall–Kier alpha value is -1.62. The van der Waals surface area contributed by atoms with E-state index in [-0.39, 0.29) is 17.5 Å². The molecule has 1 aromatic heterocycles. The van der Waals surface area contributed by atoms with Gasteiger partial charge in [0.2, 0.25) is 5.56 Å². The first-order valence-electron chi connectivity index (χ1n) is 7.31. The average molecular weight is 277 g/mol. The van der Waals surface area contributed by atoms with E-state index in [1.807, 2.05) is 18.7 Å². The van der Waals surface area contributed by atoms with E-state index in [2.05, 4.69) is 10.3 Å². The maximum absolute atomic E-state index is 12.5. The number of aromatic nitrogens is 1. The van der Waals surface area contributed by atoms with Crippen LogP contribution in [0.1, 0.15) is 43.5 Å². The third-order valence-electron chi connectivity index (χ3n) is 3.74. The Morgan fingerprint density at radius 2 is 2.20 bits per heavy atom. The quantitative estimate of drug-likeness (QED) is 0.873. The lowest BCUT2D eigenvalue weighted by molar-refractivity contribution is 0.0676. The summed E-state index contributed by atoms with van der Waals surface area (Å²) in [5.74, 6) is -0.0244. The number of hydrogen-bond acceptors (Lipinski definition) is 3. The van der Waals surface area contributed by atoms with Gasteiger partial charge in [0.1, 0.15) is 0 Å². The van der Waals surface area contributed by atoms with Crippen LogP contribution in [0.2, 0.25) is 0 Å². The van der Waals surface area contributed by atoms with Gasteiger partial charge in [0, 0.05) is 30.9 Å². The second-order valence-corrected chi connectivity index (χ2v) is 5.64. The standard InChI is InChI=1S/C15H23N3O2/c1-11(2)18(10-13-5-3-4-8-16-13)15(20)12-6-7-14(19)17-9-12/h6-7,9,11,13,16H,3-5,8,10H2,1-2H3,(H,17,19). The number of piperidine rings is 1. The molecule has 5 nitrogen and oxygen atoms in total. The molecule has 1 unspecified atom stereocenters. The topological polar surface area (TPSA) is 65.2 Å². The van der Waals surface area contributed by atoms with Crippen LogP contribution in [0, 0.1) is 0 Å². The lowest BCUT2D eigenvalue weighted by Gasteiger charge is -2.33. The molecule has 1 saturated heterocycles. The number of rotatable bonds is 4. The molecule has 0 aliphatic carbocycles. The van der Waals surface area contributed by atoms with Crippen molar-refractivity contribution < 1.29 is 4.79 Å². The summed E-state index contributed by atoms with van der Waals surface area (Å²) >= 11 is 0. The van der Waals surface area contributed by atoms with Gasteiger partial charge in [-0.2, -0.15) is 0 Å². The van der Waals surface area contributed by atoms with E-state index in [4.69, 9.17) is 0 Å². The van der Waals surface area contributed by atoms with Crippen LogP contribution in [-0.2, 0) is 0 Å². The number of carbonyl (C=O) groups excluding carboxylic acids is 1. The van der Waals surface area contributed by atoms with E-state index in [1.165, 1.54) is 25.1 Å². The normalized spacial score (nSPS) is 19.1. The van der Waals surface area contributed by atoms with Crippen LogP contribution < -0.4 is 10.9 Å². The van der Waals surface area contributed by atoms with Gasteiger partial charge in [-0.05, 0) is 39.3 Å². The fourth-order valence-corrected chi connectivity index (χ4v) is 2.55. The predicted octanol–water partition coefficient (Wildman–Crippen LogP) is 1.37. The molecule has 1 amide bonds. The van der Waals surface area contributed by atoms with E-state index in [0.717, 1.165) is 19.5 Å². The highest BCUT2D eigenvalue weighted by molar-refractivity contribution is 5.94. The van der Waals surface area contributed by atoms with Gasteiger partial charge in [-0.1, -0.05) is 6.42 Å². The maximum Gasteiger partial charge on any atom is 0.255 e. The first-order valence-corrected chi connectivity index (χ1v) is 7.31. The van der Waals surface area contributed by atoms with Crippen molar-refractivity contribution in [2.75, 3.05) is 13.1 Å². The number of carbonyl (C=O) groups is 1. The summed E-state index contributed by atoms with van der Waals surface area (Å²) in [6, 6.07) is 3.49. The SMILES string of the molecule is CC(C)N(CC1CCCCN1)C(=O)c1ccc(=O)[nH]c1. The van der Waals surface area contributed by atoms with Crippen LogP contribution in [0.4, 0.5) is 0 Å². The summed E-state index contributed by atoms with van der Waals surface area (Å²) in [5.41, 5.74) is 0.348. The molecular weight excluding hydrogens is 254 g/mol. The smallest absolute Gasteiger partial charge is 0.255 e. The van der Waals surface area contributed by atoms with Crippen molar-refractivity contribution in [2.24, 2.45) is 0 Å². The van der Waals surface area contributed by atoms with Gasteiger partial charge >= 0.3 is 0 Å². The summed E-state index contributed by atoms with van der Waals surface area (Å²) in [4.78, 5) is 28.1. The molecular formula is C15H23N3O2. The predicted molar refractivity (Wildman–Crippen MR) is 78.9 cm³/mol. The molecule has 1 fully saturated rings. The van der Waals surface area contributed by atoms with Crippen LogP contribution in [-0.4, -0.2) is 41.0 Å². The molecule has 0 radical (unpaired) electrons. The maximum atomic E-state index is 12.5. The molecule has 2 rings (SSSR count). The molecule has 1 aliphatic rings. The third kappa shape index (κ3) is 3.70. The van der Waals surface area contributed by atoms with Crippen LogP contribution in [0.15, 0.2) is 23.1 Å². The van der Waals surface area contributed by atoms with Crippen molar-refractivity contribution in [3.05, 3.63) is 34.2 Å². The van der Waals surface area contributed by atoms with Gasteiger partial charge < -0.3 is 15.2 Å². The van der Waals surface area contributed by atoms with Gasteiger partial charge in [-0.15, -0.1) is 0 Å². The zero-order valence-electron chi connectivity index (χ0n) is 12.2. The average Bonchev–Trinajstić information content (AvgIpc) is 2.45. The number of aromatic amines is 1. The van der Waals surface area contributed by atoms with E-state index < -0.39 is 0 Å². The van der Waals surface area contributed by atoms with Crippen LogP contribution >= 0.6 is 0 Å². The number of pyridine rings is 1. The summed E-state index contributed by atoms with van der Waals surface area (Å²) in [5, 5.41) is 3.47. The molecule has 1 aliphatic heterocycles. The Balaban J connectivity index is 2.08. The zero-order valence-corrected chi connectivity index (χ0v) is 12.2. The van der Waals surface area contributed by atoms with E-state index in [0.29, 0.717) is 11.6 Å². The molecule has 20 heavy (non-hydrogen) atoms. The van der Waals surface area contributed by atoms with Crippen LogP contribution in [0.25, 0.3) is 0 Å². The Labute approximate surface area is 119 Å². The number of hydrogen-bond donors (Lipinski definition) is 2. The number of nitrogens with one attached hydrogen (secondary N) is 2. The monoisotopic (exact) mass is 277 g/mol. The van der Waals surface area contributed by atoms with E-state index >= 15 is 0 Å². The molecule has 1 atom stereocenters. The molecule has 2 N–H and O–H groups in total. The summed E-state index contributed by atoms with van der Waals surface area (Å²) in [7, 11) is 0. The fraction of sp³-hybridized carbons (Fsp3) is 0.600. The largest absolute Gasteiger partial charge is 0.335 e. The Morgan fingerprint density at radius 3 is 2.75 bits per heavy atom. The fourth-order valence-electron chi connectivity index (χ4n) is 2.55. The van der Waals surface area contributed by atoms with Gasteiger partial charge in [0.05, 0.1) is 5.56 Å². The molecule has 0 saturated carbocycles. The zero-order chi connectivity index (χ0) is 14.5. The van der Waals surface area contributed by atoms with Crippen molar-refractivity contribution in [1.82, 2.24) is 15.2 Å². The minimum atomic E-state index is -0.188. The third-order valence-corrected chi connectivity index (χ3v) is 3.74. The van der Waals surface area contributed by atoms with Crippen molar-refractivity contribution in [3.8, 4) is 0 Å². The van der Waals surface area contributed by atoms with Gasteiger partial charge in [-0.3, -0.25) is 9.59 Å². The lowest BCUT2D eigenvalue weighted by Crippen LogP contribution is -2.48. The minimum Gasteiger partial charge on any atom is -0.335 e. The Kier molecular flexibility index (Phi) is 4.95. The number of H-pyrrole nitrogens is 1. The van der Waals surface area contributed by atoms with Crippen molar-refractivity contribution in [3.63, 3.8) is 0 Å². The molecule has 1 aromatic rings. The second-order valence-electron chi connectivity index (χ2n) is 5.64. The number of amides is 1. The first kappa shape index (κ1) is 14.8. The summed E-state index contributed by atoms with van der Waals surface area (Å²) in [6.45, 7) is 5.79. The molecule has 110 valence electrons. The second kappa shape index (κ2) is 6.70.